The molecule has 15 heavy (non-hydrogen) atoms. The second-order valence-electron chi connectivity index (χ2n) is 4.01. The molecule has 1 aliphatic rings. The first-order chi connectivity index (χ1) is 7.19. The van der Waals surface area contributed by atoms with E-state index in [9.17, 15) is 4.79 Å². The van der Waals surface area contributed by atoms with Crippen LogP contribution in [0.3, 0.4) is 0 Å². The number of likely N-dealkylation sites (tertiary alicyclic amines) is 1. The fraction of sp³-hybridized carbons (Fsp3) is 0.900. The van der Waals surface area contributed by atoms with E-state index < -0.39 is 6.04 Å². The predicted octanol–water partition coefficient (Wildman–Crippen LogP) is -0.809. The summed E-state index contributed by atoms with van der Waals surface area (Å²) in [6.45, 7) is 2.00. The number of nitrogens with zero attached hydrogens (tertiary/aromatic N) is 1. The predicted molar refractivity (Wildman–Crippen MR) is 56.2 cm³/mol. The highest BCUT2D eigenvalue weighted by Crippen LogP contribution is 2.16. The highest BCUT2D eigenvalue weighted by molar-refractivity contribution is 5.81. The molecule has 3 N–H and O–H groups in total. The van der Waals surface area contributed by atoms with Gasteiger partial charge in [0, 0.05) is 39.3 Å². The van der Waals surface area contributed by atoms with E-state index >= 15 is 0 Å². The number of aliphatic hydroxyl groups excluding tert-OH is 1. The van der Waals surface area contributed by atoms with Crippen molar-refractivity contribution in [3.8, 4) is 0 Å². The van der Waals surface area contributed by atoms with Crippen LogP contribution in [0, 0.1) is 5.92 Å². The van der Waals surface area contributed by atoms with Crippen LogP contribution < -0.4 is 5.73 Å². The van der Waals surface area contributed by atoms with Gasteiger partial charge < -0.3 is 20.5 Å². The number of ether oxygens (including phenoxy) is 1. The van der Waals surface area contributed by atoms with Gasteiger partial charge in [0.25, 0.3) is 0 Å². The van der Waals surface area contributed by atoms with Crippen LogP contribution in [-0.2, 0) is 9.53 Å². The molecule has 1 heterocycles. The third-order valence-electron chi connectivity index (χ3n) is 2.81. The monoisotopic (exact) mass is 216 g/mol. The van der Waals surface area contributed by atoms with Crippen LogP contribution in [0.1, 0.15) is 12.8 Å². The Kier molecular flexibility index (Phi) is 5.01. The van der Waals surface area contributed by atoms with Gasteiger partial charge in [-0.05, 0) is 12.8 Å². The Morgan fingerprint density at radius 3 is 3.00 bits per heavy atom. The highest BCUT2D eigenvalue weighted by atomic mass is 16.5. The lowest BCUT2D eigenvalue weighted by atomic mass is 10.1. The van der Waals surface area contributed by atoms with Crippen molar-refractivity contribution in [2.75, 3.05) is 33.4 Å². The SMILES string of the molecule is COCCC(N)C(=O)N1CCC(CO)C1. The third-order valence-corrected chi connectivity index (χ3v) is 2.81. The zero-order valence-corrected chi connectivity index (χ0v) is 9.19. The molecule has 0 saturated carbocycles. The zero-order valence-electron chi connectivity index (χ0n) is 9.19. The van der Waals surface area contributed by atoms with Gasteiger partial charge >= 0.3 is 0 Å². The summed E-state index contributed by atoms with van der Waals surface area (Å²) in [6, 6.07) is -0.470. The number of rotatable bonds is 5. The molecule has 0 aromatic heterocycles. The summed E-state index contributed by atoms with van der Waals surface area (Å²) in [5, 5.41) is 8.96. The fourth-order valence-corrected chi connectivity index (χ4v) is 1.78. The average Bonchev–Trinajstić information content (AvgIpc) is 2.73. The molecule has 2 unspecified atom stereocenters. The second kappa shape index (κ2) is 6.05. The Balaban J connectivity index is 2.33. The Morgan fingerprint density at radius 2 is 2.47 bits per heavy atom. The Hall–Kier alpha value is -0.650. The molecule has 0 aromatic rings. The number of amides is 1. The largest absolute Gasteiger partial charge is 0.396 e. The van der Waals surface area contributed by atoms with Gasteiger partial charge in [0.05, 0.1) is 6.04 Å². The molecule has 1 saturated heterocycles. The molecule has 1 rings (SSSR count). The van der Waals surface area contributed by atoms with E-state index in [1.807, 2.05) is 0 Å². The van der Waals surface area contributed by atoms with Crippen LogP contribution in [0.15, 0.2) is 0 Å². The number of carbonyl (C=O) groups is 1. The van der Waals surface area contributed by atoms with Crippen molar-refractivity contribution in [3.63, 3.8) is 0 Å². The number of aliphatic hydroxyl groups is 1. The standard InChI is InChI=1S/C10H20N2O3/c1-15-5-3-9(11)10(14)12-4-2-8(6-12)7-13/h8-9,13H,2-7,11H2,1H3. The molecule has 1 fully saturated rings. The molecular formula is C10H20N2O3. The molecule has 88 valence electrons. The smallest absolute Gasteiger partial charge is 0.239 e. The van der Waals surface area contributed by atoms with E-state index in [1.165, 1.54) is 0 Å². The van der Waals surface area contributed by atoms with Crippen LogP contribution in [-0.4, -0.2) is 55.4 Å². The maximum Gasteiger partial charge on any atom is 0.239 e. The van der Waals surface area contributed by atoms with Crippen molar-refractivity contribution < 1.29 is 14.6 Å². The normalized spacial score (nSPS) is 23.1. The van der Waals surface area contributed by atoms with Crippen LogP contribution in [0.5, 0.6) is 0 Å². The van der Waals surface area contributed by atoms with Crippen molar-refractivity contribution in [1.29, 1.82) is 0 Å². The van der Waals surface area contributed by atoms with Gasteiger partial charge in [0.2, 0.25) is 5.91 Å². The van der Waals surface area contributed by atoms with E-state index in [0.29, 0.717) is 26.1 Å². The minimum atomic E-state index is -0.470. The van der Waals surface area contributed by atoms with Crippen molar-refractivity contribution in [1.82, 2.24) is 4.90 Å². The summed E-state index contributed by atoms with van der Waals surface area (Å²) in [5.74, 6) is 0.201. The van der Waals surface area contributed by atoms with E-state index in [1.54, 1.807) is 12.0 Å². The first kappa shape index (κ1) is 12.4. The molecular weight excluding hydrogens is 196 g/mol. The minimum Gasteiger partial charge on any atom is -0.396 e. The van der Waals surface area contributed by atoms with E-state index in [-0.39, 0.29) is 18.4 Å². The number of hydrogen-bond acceptors (Lipinski definition) is 4. The molecule has 0 bridgehead atoms. The molecule has 0 aromatic carbocycles. The molecule has 5 nitrogen and oxygen atoms in total. The summed E-state index contributed by atoms with van der Waals surface area (Å²) in [6.07, 6.45) is 1.43. The molecule has 1 aliphatic heterocycles. The second-order valence-corrected chi connectivity index (χ2v) is 4.01. The van der Waals surface area contributed by atoms with Crippen molar-refractivity contribution in [2.45, 2.75) is 18.9 Å². The van der Waals surface area contributed by atoms with Crippen LogP contribution in [0.25, 0.3) is 0 Å². The topological polar surface area (TPSA) is 75.8 Å². The molecule has 0 aliphatic carbocycles. The van der Waals surface area contributed by atoms with Crippen molar-refractivity contribution in [2.24, 2.45) is 11.7 Å². The van der Waals surface area contributed by atoms with Crippen LogP contribution in [0.2, 0.25) is 0 Å². The molecule has 5 heteroatoms. The number of methoxy groups -OCH3 is 1. The highest BCUT2D eigenvalue weighted by Gasteiger charge is 2.28. The summed E-state index contributed by atoms with van der Waals surface area (Å²) in [7, 11) is 1.59. The lowest BCUT2D eigenvalue weighted by Gasteiger charge is -2.20. The number of nitrogens with two attached hydrogens (primary N) is 1. The van der Waals surface area contributed by atoms with Gasteiger partial charge in [-0.2, -0.15) is 0 Å². The summed E-state index contributed by atoms with van der Waals surface area (Å²) in [5.41, 5.74) is 5.74. The van der Waals surface area contributed by atoms with Gasteiger partial charge in [-0.3, -0.25) is 4.79 Å². The van der Waals surface area contributed by atoms with Gasteiger partial charge in [-0.15, -0.1) is 0 Å². The van der Waals surface area contributed by atoms with E-state index in [4.69, 9.17) is 15.6 Å². The number of hydrogen-bond donors (Lipinski definition) is 2. The van der Waals surface area contributed by atoms with Gasteiger partial charge in [0.15, 0.2) is 0 Å². The summed E-state index contributed by atoms with van der Waals surface area (Å²) < 4.78 is 4.88. The maximum absolute atomic E-state index is 11.8. The van der Waals surface area contributed by atoms with Gasteiger partial charge in [-0.25, -0.2) is 0 Å². The molecule has 0 spiro atoms. The Morgan fingerprint density at radius 1 is 1.73 bits per heavy atom. The first-order valence-electron chi connectivity index (χ1n) is 5.33. The third kappa shape index (κ3) is 3.44. The van der Waals surface area contributed by atoms with Crippen molar-refractivity contribution >= 4 is 5.91 Å². The average molecular weight is 216 g/mol. The lowest BCUT2D eigenvalue weighted by molar-refractivity contribution is -0.132. The quantitative estimate of drug-likeness (QED) is 0.630. The van der Waals surface area contributed by atoms with Gasteiger partial charge in [-0.1, -0.05) is 0 Å². The maximum atomic E-state index is 11.8. The first-order valence-corrected chi connectivity index (χ1v) is 5.33. The molecule has 1 amide bonds. The van der Waals surface area contributed by atoms with Crippen LogP contribution in [0.4, 0.5) is 0 Å². The van der Waals surface area contributed by atoms with E-state index in [0.717, 1.165) is 6.42 Å². The number of carbonyl (C=O) groups excluding carboxylic acids is 1. The Labute approximate surface area is 90.2 Å². The summed E-state index contributed by atoms with van der Waals surface area (Å²) in [4.78, 5) is 13.5. The van der Waals surface area contributed by atoms with Gasteiger partial charge in [0.1, 0.15) is 0 Å². The fourth-order valence-electron chi connectivity index (χ4n) is 1.78. The minimum absolute atomic E-state index is 0.0250. The zero-order chi connectivity index (χ0) is 11.3. The molecule has 2 atom stereocenters. The Bertz CT molecular complexity index is 211. The lowest BCUT2D eigenvalue weighted by Crippen LogP contribution is -2.43. The van der Waals surface area contributed by atoms with Crippen LogP contribution >= 0.6 is 0 Å². The summed E-state index contributed by atoms with van der Waals surface area (Å²) >= 11 is 0. The van der Waals surface area contributed by atoms with E-state index in [2.05, 4.69) is 0 Å². The molecule has 0 radical (unpaired) electrons. The van der Waals surface area contributed by atoms with Crippen molar-refractivity contribution in [3.05, 3.63) is 0 Å².